The van der Waals surface area contributed by atoms with Crippen LogP contribution in [0.25, 0.3) is 0 Å². The minimum atomic E-state index is -1.12. The molecule has 100 valence electrons. The first kappa shape index (κ1) is 13.1. The van der Waals surface area contributed by atoms with E-state index in [1.165, 1.54) is 10.7 Å². The number of hydrogen-bond donors (Lipinski definition) is 1. The van der Waals surface area contributed by atoms with Crippen LogP contribution >= 0.6 is 0 Å². The molecule has 0 aliphatic rings. The summed E-state index contributed by atoms with van der Waals surface area (Å²) in [5.41, 5.74) is 0.718. The first-order valence-electron chi connectivity index (χ1n) is 5.63. The number of benzene rings is 1. The second-order valence-electron chi connectivity index (χ2n) is 4.07. The summed E-state index contributed by atoms with van der Waals surface area (Å²) in [4.78, 5) is 11.1. The molecule has 0 aliphatic carbocycles. The van der Waals surface area contributed by atoms with Crippen LogP contribution in [0.4, 0.5) is 4.39 Å². The van der Waals surface area contributed by atoms with Crippen molar-refractivity contribution in [2.24, 2.45) is 7.05 Å². The molecule has 2 aromatic rings. The van der Waals surface area contributed by atoms with Crippen molar-refractivity contribution < 1.29 is 19.0 Å². The number of aromatic carboxylic acids is 1. The van der Waals surface area contributed by atoms with Gasteiger partial charge in [0.15, 0.2) is 0 Å². The molecule has 0 aliphatic heterocycles. The zero-order valence-corrected chi connectivity index (χ0v) is 10.6. The highest BCUT2D eigenvalue weighted by atomic mass is 19.1. The highest BCUT2D eigenvalue weighted by molar-refractivity contribution is 5.91. The third kappa shape index (κ3) is 2.57. The van der Waals surface area contributed by atoms with Gasteiger partial charge in [-0.15, -0.1) is 0 Å². The highest BCUT2D eigenvalue weighted by Gasteiger charge is 2.21. The number of aromatic nitrogens is 2. The monoisotopic (exact) mass is 264 g/mol. The number of carbonyl (C=O) groups is 1. The van der Waals surface area contributed by atoms with Gasteiger partial charge in [0.25, 0.3) is 0 Å². The van der Waals surface area contributed by atoms with Crippen LogP contribution in [-0.2, 0) is 13.7 Å². The summed E-state index contributed by atoms with van der Waals surface area (Å²) in [5.74, 6) is -1.39. The third-order valence-electron chi connectivity index (χ3n) is 2.71. The first-order chi connectivity index (χ1) is 9.00. The highest BCUT2D eigenvalue weighted by Crippen LogP contribution is 2.22. The van der Waals surface area contributed by atoms with Gasteiger partial charge in [0, 0.05) is 12.6 Å². The molecule has 5 nitrogen and oxygen atoms in total. The zero-order valence-electron chi connectivity index (χ0n) is 10.6. The fraction of sp³-hybridized carbons (Fsp3) is 0.231. The molecule has 1 heterocycles. The van der Waals surface area contributed by atoms with E-state index >= 15 is 0 Å². The molecular formula is C13H13FN2O3. The maximum atomic E-state index is 13.4. The fourth-order valence-electron chi connectivity index (χ4n) is 1.81. The topological polar surface area (TPSA) is 64.4 Å². The molecule has 0 unspecified atom stereocenters. The van der Waals surface area contributed by atoms with E-state index in [1.807, 2.05) is 0 Å². The predicted molar refractivity (Wildman–Crippen MR) is 65.6 cm³/mol. The molecule has 0 fully saturated rings. The molecule has 0 amide bonds. The number of ether oxygens (including phenoxy) is 1. The molecule has 0 spiro atoms. The van der Waals surface area contributed by atoms with Gasteiger partial charge >= 0.3 is 5.97 Å². The molecule has 0 radical (unpaired) electrons. The van der Waals surface area contributed by atoms with Gasteiger partial charge in [-0.05, 0) is 13.0 Å². The van der Waals surface area contributed by atoms with Crippen molar-refractivity contribution in [1.29, 1.82) is 0 Å². The van der Waals surface area contributed by atoms with Gasteiger partial charge < -0.3 is 9.84 Å². The standard InChI is InChI=1S/C13H13FN2O3/c1-8-11(13(17)18)12(16(2)15-8)19-7-9-5-3-4-6-10(9)14/h3-6H,7H2,1-2H3,(H,17,18). The smallest absolute Gasteiger partial charge is 0.343 e. The molecule has 1 N–H and O–H groups in total. The molecule has 6 heteroatoms. The van der Waals surface area contributed by atoms with Crippen molar-refractivity contribution >= 4 is 5.97 Å². The lowest BCUT2D eigenvalue weighted by molar-refractivity contribution is 0.0690. The Hall–Kier alpha value is -2.37. The molecule has 2 rings (SSSR count). The minimum Gasteiger partial charge on any atom is -0.477 e. The average molecular weight is 264 g/mol. The number of halogens is 1. The van der Waals surface area contributed by atoms with Crippen LogP contribution in [0.1, 0.15) is 21.6 Å². The number of carboxylic acids is 1. The average Bonchev–Trinajstić information content (AvgIpc) is 2.63. The van der Waals surface area contributed by atoms with Crippen LogP contribution < -0.4 is 4.74 Å². The van der Waals surface area contributed by atoms with Crippen LogP contribution in [0, 0.1) is 12.7 Å². The van der Waals surface area contributed by atoms with Crippen molar-refractivity contribution in [3.8, 4) is 5.88 Å². The van der Waals surface area contributed by atoms with Crippen molar-refractivity contribution in [3.05, 3.63) is 46.9 Å². The van der Waals surface area contributed by atoms with E-state index < -0.39 is 11.8 Å². The Labute approximate surface area is 109 Å². The molecule has 0 saturated carbocycles. The molecule has 19 heavy (non-hydrogen) atoms. The van der Waals surface area contributed by atoms with E-state index in [0.717, 1.165) is 0 Å². The van der Waals surface area contributed by atoms with Crippen molar-refractivity contribution in [2.75, 3.05) is 0 Å². The molecule has 0 atom stereocenters. The molecule has 1 aromatic heterocycles. The predicted octanol–water partition coefficient (Wildman–Crippen LogP) is 2.14. The van der Waals surface area contributed by atoms with E-state index in [4.69, 9.17) is 9.84 Å². The number of carboxylic acid groups (broad SMARTS) is 1. The summed E-state index contributed by atoms with van der Waals surface area (Å²) >= 11 is 0. The number of aryl methyl sites for hydroxylation is 2. The van der Waals surface area contributed by atoms with E-state index in [9.17, 15) is 9.18 Å². The maximum Gasteiger partial charge on any atom is 0.343 e. The Morgan fingerprint density at radius 3 is 2.79 bits per heavy atom. The van der Waals surface area contributed by atoms with Gasteiger partial charge in [0.05, 0.1) is 5.69 Å². The second kappa shape index (κ2) is 5.09. The number of rotatable bonds is 4. The Balaban J connectivity index is 2.25. The maximum absolute atomic E-state index is 13.4. The van der Waals surface area contributed by atoms with Crippen molar-refractivity contribution in [3.63, 3.8) is 0 Å². The van der Waals surface area contributed by atoms with Crippen LogP contribution in [0.3, 0.4) is 0 Å². The Morgan fingerprint density at radius 1 is 1.47 bits per heavy atom. The quantitative estimate of drug-likeness (QED) is 0.919. The van der Waals surface area contributed by atoms with E-state index in [1.54, 1.807) is 32.2 Å². The third-order valence-corrected chi connectivity index (χ3v) is 2.71. The zero-order chi connectivity index (χ0) is 14.0. The second-order valence-corrected chi connectivity index (χ2v) is 4.07. The van der Waals surface area contributed by atoms with Crippen LogP contribution in [-0.4, -0.2) is 20.9 Å². The number of hydrogen-bond acceptors (Lipinski definition) is 3. The van der Waals surface area contributed by atoms with Gasteiger partial charge in [-0.3, -0.25) is 0 Å². The largest absolute Gasteiger partial charge is 0.477 e. The molecule has 0 saturated heterocycles. The summed E-state index contributed by atoms with van der Waals surface area (Å²) < 4.78 is 20.2. The fourth-order valence-corrected chi connectivity index (χ4v) is 1.81. The Morgan fingerprint density at radius 2 is 2.16 bits per heavy atom. The van der Waals surface area contributed by atoms with Gasteiger partial charge in [-0.2, -0.15) is 5.10 Å². The van der Waals surface area contributed by atoms with Crippen LogP contribution in [0.2, 0.25) is 0 Å². The summed E-state index contributed by atoms with van der Waals surface area (Å²) in [5, 5.41) is 13.1. The van der Waals surface area contributed by atoms with E-state index in [-0.39, 0.29) is 18.1 Å². The molecular weight excluding hydrogens is 251 g/mol. The normalized spacial score (nSPS) is 10.5. The summed E-state index contributed by atoms with van der Waals surface area (Å²) in [6.45, 7) is 1.53. The van der Waals surface area contributed by atoms with Gasteiger partial charge in [-0.25, -0.2) is 13.9 Å². The summed E-state index contributed by atoms with van der Waals surface area (Å²) in [6, 6.07) is 6.17. The minimum absolute atomic E-state index is 0.00107. The van der Waals surface area contributed by atoms with Crippen molar-refractivity contribution in [1.82, 2.24) is 9.78 Å². The van der Waals surface area contributed by atoms with E-state index in [0.29, 0.717) is 11.3 Å². The lowest BCUT2D eigenvalue weighted by Gasteiger charge is -2.08. The SMILES string of the molecule is Cc1nn(C)c(OCc2ccccc2F)c1C(=O)O. The van der Waals surface area contributed by atoms with Crippen LogP contribution in [0.5, 0.6) is 5.88 Å². The van der Waals surface area contributed by atoms with E-state index in [2.05, 4.69) is 5.10 Å². The lowest BCUT2D eigenvalue weighted by atomic mass is 10.2. The summed E-state index contributed by atoms with van der Waals surface area (Å²) in [7, 11) is 1.58. The van der Waals surface area contributed by atoms with Gasteiger partial charge in [-0.1, -0.05) is 18.2 Å². The van der Waals surface area contributed by atoms with Gasteiger partial charge in [0.2, 0.25) is 5.88 Å². The Bertz CT molecular complexity index is 622. The first-order valence-corrected chi connectivity index (χ1v) is 5.63. The number of nitrogens with zero attached hydrogens (tertiary/aromatic N) is 2. The molecule has 0 bridgehead atoms. The Kier molecular flexibility index (Phi) is 3.50. The van der Waals surface area contributed by atoms with Gasteiger partial charge in [0.1, 0.15) is 18.0 Å². The summed E-state index contributed by atoms with van der Waals surface area (Å²) in [6.07, 6.45) is 0. The lowest BCUT2D eigenvalue weighted by Crippen LogP contribution is -2.06. The molecule has 1 aromatic carbocycles. The van der Waals surface area contributed by atoms with Crippen LogP contribution in [0.15, 0.2) is 24.3 Å². The van der Waals surface area contributed by atoms with Crippen molar-refractivity contribution in [2.45, 2.75) is 13.5 Å².